The number of hydrogen-bond acceptors (Lipinski definition) is 0. The van der Waals surface area contributed by atoms with Crippen LogP contribution in [0.1, 0.15) is 0 Å². The highest BCUT2D eigenvalue weighted by Crippen LogP contribution is 1.67. The molecule has 0 spiro atoms. The second-order valence-electron chi connectivity index (χ2n) is 0.443. The van der Waals surface area contributed by atoms with Crippen LogP contribution in [0.5, 0.6) is 0 Å². The molecule has 0 radical (unpaired) electrons. The Morgan fingerprint density at radius 3 is 1.83 bits per heavy atom. The van der Waals surface area contributed by atoms with Crippen LogP contribution in [-0.2, 0) is 0 Å². The third kappa shape index (κ3) is 28.1. The maximum absolute atomic E-state index is 5.07. The molecule has 0 aromatic heterocycles. The zero-order valence-electron chi connectivity index (χ0n) is 3.28. The van der Waals surface area contributed by atoms with E-state index in [0.717, 1.165) is 0 Å². The Bertz CT molecular complexity index is 22.8. The van der Waals surface area contributed by atoms with Crippen molar-refractivity contribution < 1.29 is 5.48 Å². The lowest BCUT2D eigenvalue weighted by Crippen LogP contribution is -1.45. The minimum atomic E-state index is 0. The Kier molecular flexibility index (Phi) is 50.5. The maximum atomic E-state index is 5.07. The molecule has 0 amide bonds. The van der Waals surface area contributed by atoms with Gasteiger partial charge in [0.15, 0.2) is 0 Å². The van der Waals surface area contributed by atoms with E-state index in [0.29, 0.717) is 5.88 Å². The van der Waals surface area contributed by atoms with E-state index in [2.05, 4.69) is 6.58 Å². The molecule has 0 rings (SSSR count). The Labute approximate surface area is 48.7 Å². The van der Waals surface area contributed by atoms with Crippen LogP contribution in [0.4, 0.5) is 0 Å². The number of halogens is 2. The molecule has 40 valence electrons. The second-order valence-corrected chi connectivity index (χ2v) is 0.752. The molecule has 3 heteroatoms. The lowest BCUT2D eigenvalue weighted by atomic mass is 10.8. The van der Waals surface area contributed by atoms with Crippen LogP contribution >= 0.6 is 24.0 Å². The average Bonchev–Trinajstić information content (AvgIpc) is 1.37. The van der Waals surface area contributed by atoms with Crippen molar-refractivity contribution in [2.75, 3.05) is 5.88 Å². The summed E-state index contributed by atoms with van der Waals surface area (Å²) in [7, 11) is 0. The van der Waals surface area contributed by atoms with E-state index < -0.39 is 0 Å². The van der Waals surface area contributed by atoms with E-state index in [-0.39, 0.29) is 17.9 Å². The van der Waals surface area contributed by atoms with Crippen LogP contribution < -0.4 is 0 Å². The Morgan fingerprint density at radius 2 is 1.83 bits per heavy atom. The number of rotatable bonds is 1. The van der Waals surface area contributed by atoms with Crippen molar-refractivity contribution in [2.24, 2.45) is 0 Å². The SMILES string of the molecule is C=CCCl.Cl.O. The third-order valence-corrected chi connectivity index (χ3v) is 0.327. The van der Waals surface area contributed by atoms with E-state index in [1.807, 2.05) is 0 Å². The number of alkyl halides is 1. The predicted octanol–water partition coefficient (Wildman–Crippen LogP) is 1.01. The first-order chi connectivity index (χ1) is 1.91. The van der Waals surface area contributed by atoms with Gasteiger partial charge >= 0.3 is 0 Å². The van der Waals surface area contributed by atoms with Gasteiger partial charge in [0.2, 0.25) is 0 Å². The quantitative estimate of drug-likeness (QED) is 0.375. The van der Waals surface area contributed by atoms with Crippen molar-refractivity contribution in [1.82, 2.24) is 0 Å². The van der Waals surface area contributed by atoms with Gasteiger partial charge in [-0.05, 0) is 0 Å². The molecule has 2 N–H and O–H groups in total. The largest absolute Gasteiger partial charge is 0.412 e. The second kappa shape index (κ2) is 18.6. The van der Waals surface area contributed by atoms with E-state index in [4.69, 9.17) is 11.6 Å². The van der Waals surface area contributed by atoms with Crippen LogP contribution in [0.25, 0.3) is 0 Å². The summed E-state index contributed by atoms with van der Waals surface area (Å²) in [4.78, 5) is 0. The first kappa shape index (κ1) is 16.3. The number of allylic oxidation sites excluding steroid dienone is 1. The van der Waals surface area contributed by atoms with Crippen molar-refractivity contribution in [3.63, 3.8) is 0 Å². The molecular formula is C3H8Cl2O. The highest BCUT2D eigenvalue weighted by atomic mass is 35.5. The summed E-state index contributed by atoms with van der Waals surface area (Å²) >= 11 is 5.07. The summed E-state index contributed by atoms with van der Waals surface area (Å²) in [5, 5.41) is 0. The fraction of sp³-hybridized carbons (Fsp3) is 0.333. The van der Waals surface area contributed by atoms with E-state index in [9.17, 15) is 0 Å². The predicted molar refractivity (Wildman–Crippen MR) is 31.8 cm³/mol. The maximum Gasteiger partial charge on any atom is 0.0401 e. The molecule has 0 aliphatic rings. The van der Waals surface area contributed by atoms with Crippen molar-refractivity contribution >= 4 is 24.0 Å². The molecule has 0 fully saturated rings. The average molecular weight is 131 g/mol. The molecule has 0 saturated heterocycles. The van der Waals surface area contributed by atoms with Gasteiger partial charge in [0.1, 0.15) is 0 Å². The van der Waals surface area contributed by atoms with Crippen molar-refractivity contribution in [1.29, 1.82) is 0 Å². The van der Waals surface area contributed by atoms with Crippen molar-refractivity contribution in [2.45, 2.75) is 0 Å². The first-order valence-electron chi connectivity index (χ1n) is 1.08. The normalized spacial score (nSPS) is 4.17. The van der Waals surface area contributed by atoms with Gasteiger partial charge in [0, 0.05) is 5.88 Å². The van der Waals surface area contributed by atoms with Gasteiger partial charge < -0.3 is 5.48 Å². The van der Waals surface area contributed by atoms with Gasteiger partial charge in [-0.25, -0.2) is 0 Å². The highest BCUT2D eigenvalue weighted by Gasteiger charge is 1.48. The molecule has 6 heavy (non-hydrogen) atoms. The van der Waals surface area contributed by atoms with Crippen LogP contribution in [0, 0.1) is 0 Å². The van der Waals surface area contributed by atoms with Crippen molar-refractivity contribution in [3.05, 3.63) is 12.7 Å². The summed E-state index contributed by atoms with van der Waals surface area (Å²) in [6.07, 6.45) is 1.64. The van der Waals surface area contributed by atoms with Gasteiger partial charge in [-0.2, -0.15) is 0 Å². The summed E-state index contributed by atoms with van der Waals surface area (Å²) in [5.41, 5.74) is 0. The van der Waals surface area contributed by atoms with Gasteiger partial charge in [0.05, 0.1) is 0 Å². The van der Waals surface area contributed by atoms with Crippen molar-refractivity contribution in [3.8, 4) is 0 Å². The molecule has 0 aromatic carbocycles. The molecule has 0 aromatic rings. The van der Waals surface area contributed by atoms with E-state index in [1.165, 1.54) is 0 Å². The topological polar surface area (TPSA) is 31.5 Å². The van der Waals surface area contributed by atoms with Gasteiger partial charge in [-0.1, -0.05) is 6.08 Å². The molecule has 0 saturated carbocycles. The first-order valence-corrected chi connectivity index (χ1v) is 1.62. The van der Waals surface area contributed by atoms with Crippen LogP contribution in [0.15, 0.2) is 12.7 Å². The lowest BCUT2D eigenvalue weighted by Gasteiger charge is -1.55. The van der Waals surface area contributed by atoms with Crippen LogP contribution in [0.3, 0.4) is 0 Å². The monoisotopic (exact) mass is 130 g/mol. The Balaban J connectivity index is -0.0000000450. The molecule has 1 nitrogen and oxygen atoms in total. The zero-order chi connectivity index (χ0) is 3.41. The Morgan fingerprint density at radius 1 is 1.67 bits per heavy atom. The summed E-state index contributed by atoms with van der Waals surface area (Å²) < 4.78 is 0. The third-order valence-electron chi connectivity index (χ3n) is 0.109. The Hall–Kier alpha value is 0.280. The molecule has 0 aliphatic carbocycles. The minimum absolute atomic E-state index is 0. The van der Waals surface area contributed by atoms with Crippen LogP contribution in [-0.4, -0.2) is 11.4 Å². The smallest absolute Gasteiger partial charge is 0.0401 e. The van der Waals surface area contributed by atoms with Gasteiger partial charge in [0.25, 0.3) is 0 Å². The fourth-order valence-corrected chi connectivity index (χ4v) is 0. The fourth-order valence-electron chi connectivity index (χ4n) is 0. The minimum Gasteiger partial charge on any atom is -0.412 e. The highest BCUT2D eigenvalue weighted by molar-refractivity contribution is 6.18. The standard InChI is InChI=1S/C3H5Cl.ClH.H2O/c1-2-3-4;;/h2H,1,3H2;1H;1H2. The van der Waals surface area contributed by atoms with Gasteiger partial charge in [-0.3, -0.25) is 0 Å². The number of hydrogen-bond donors (Lipinski definition) is 0. The summed E-state index contributed by atoms with van der Waals surface area (Å²) in [5.74, 6) is 0.556. The van der Waals surface area contributed by atoms with Crippen LogP contribution in [0.2, 0.25) is 0 Å². The summed E-state index contributed by atoms with van der Waals surface area (Å²) in [6.45, 7) is 3.35. The van der Waals surface area contributed by atoms with E-state index >= 15 is 0 Å². The van der Waals surface area contributed by atoms with E-state index in [1.54, 1.807) is 6.08 Å². The molecule has 0 heterocycles. The lowest BCUT2D eigenvalue weighted by molar-refractivity contribution is 0.824. The molecule has 0 unspecified atom stereocenters. The molecule has 0 bridgehead atoms. The molecular weight excluding hydrogens is 123 g/mol. The van der Waals surface area contributed by atoms with Gasteiger partial charge in [-0.15, -0.1) is 30.6 Å². The summed E-state index contributed by atoms with van der Waals surface area (Å²) in [6, 6.07) is 0. The molecule has 0 aliphatic heterocycles. The molecule has 0 atom stereocenters. The zero-order valence-corrected chi connectivity index (χ0v) is 4.85.